The average Bonchev–Trinajstić information content (AvgIpc) is 2.69. The zero-order valence-electron chi connectivity index (χ0n) is 10.6. The molecule has 3 heteroatoms. The first-order chi connectivity index (χ1) is 7.63. The van der Waals surface area contributed by atoms with E-state index in [1.54, 1.807) is 6.92 Å². The van der Waals surface area contributed by atoms with Crippen LogP contribution < -0.4 is 5.32 Å². The fraction of sp³-hybridized carbons (Fsp3) is 0.769. The molecule has 0 aromatic rings. The number of hydrogen-bond donors (Lipinski definition) is 1. The molecule has 3 nitrogen and oxygen atoms in total. The molecule has 0 aromatic carbocycles. The molecule has 0 spiro atoms. The van der Waals surface area contributed by atoms with Crippen LogP contribution in [0.4, 0.5) is 0 Å². The predicted octanol–water partition coefficient (Wildman–Crippen LogP) is 2.13. The molecule has 1 aliphatic rings. The molecule has 2 atom stereocenters. The van der Waals surface area contributed by atoms with Gasteiger partial charge >= 0.3 is 5.97 Å². The van der Waals surface area contributed by atoms with Gasteiger partial charge in [-0.15, -0.1) is 0 Å². The third-order valence-corrected chi connectivity index (χ3v) is 3.30. The Morgan fingerprint density at radius 2 is 2.25 bits per heavy atom. The van der Waals surface area contributed by atoms with Crippen molar-refractivity contribution in [1.82, 2.24) is 5.32 Å². The molecule has 92 valence electrons. The van der Waals surface area contributed by atoms with Gasteiger partial charge in [0.15, 0.2) is 0 Å². The van der Waals surface area contributed by atoms with Crippen molar-refractivity contribution < 1.29 is 9.53 Å². The molecule has 2 unspecified atom stereocenters. The van der Waals surface area contributed by atoms with Crippen LogP contribution in [-0.2, 0) is 9.53 Å². The maximum Gasteiger partial charge on any atom is 0.333 e. The maximum atomic E-state index is 11.1. The van der Waals surface area contributed by atoms with Gasteiger partial charge in [-0.3, -0.25) is 0 Å². The van der Waals surface area contributed by atoms with Gasteiger partial charge < -0.3 is 10.1 Å². The number of hydrogen-bond acceptors (Lipinski definition) is 3. The summed E-state index contributed by atoms with van der Waals surface area (Å²) in [6.45, 7) is 5.92. The highest BCUT2D eigenvalue weighted by atomic mass is 16.5. The lowest BCUT2D eigenvalue weighted by molar-refractivity contribution is -0.136. The van der Waals surface area contributed by atoms with E-state index in [1.165, 1.54) is 26.4 Å². The fourth-order valence-corrected chi connectivity index (χ4v) is 2.27. The zero-order valence-corrected chi connectivity index (χ0v) is 10.6. The summed E-state index contributed by atoms with van der Waals surface area (Å²) in [6, 6.07) is 0. The molecule has 0 radical (unpaired) electrons. The Hall–Kier alpha value is -0.830. The van der Waals surface area contributed by atoms with Gasteiger partial charge in [-0.1, -0.05) is 19.4 Å². The summed E-state index contributed by atoms with van der Waals surface area (Å²) in [5, 5.41) is 3.37. The maximum absolute atomic E-state index is 11.1. The van der Waals surface area contributed by atoms with Gasteiger partial charge in [0.05, 0.1) is 7.11 Å². The molecule has 16 heavy (non-hydrogen) atoms. The number of carbonyl (C=O) groups excluding carboxylic acids is 1. The molecule has 0 bridgehead atoms. The first-order valence-corrected chi connectivity index (χ1v) is 6.09. The van der Waals surface area contributed by atoms with Crippen molar-refractivity contribution in [3.8, 4) is 0 Å². The van der Waals surface area contributed by atoms with Crippen LogP contribution in [0, 0.1) is 11.8 Å². The monoisotopic (exact) mass is 225 g/mol. The van der Waals surface area contributed by atoms with E-state index in [-0.39, 0.29) is 5.97 Å². The van der Waals surface area contributed by atoms with Crippen LogP contribution in [-0.4, -0.2) is 26.2 Å². The SMILES string of the molecule is COC(=O)C(C)=CCNCC1CCC(C)C1. The van der Waals surface area contributed by atoms with Gasteiger partial charge in [0.25, 0.3) is 0 Å². The molecule has 1 rings (SSSR count). The quantitative estimate of drug-likeness (QED) is 0.442. The van der Waals surface area contributed by atoms with Gasteiger partial charge in [-0.05, 0) is 38.1 Å². The van der Waals surface area contributed by atoms with Crippen LogP contribution in [0.5, 0.6) is 0 Å². The Labute approximate surface area is 98.2 Å². The van der Waals surface area contributed by atoms with Crippen LogP contribution in [0.25, 0.3) is 0 Å². The Morgan fingerprint density at radius 1 is 1.50 bits per heavy atom. The number of carbonyl (C=O) groups is 1. The van der Waals surface area contributed by atoms with E-state index in [1.807, 2.05) is 6.08 Å². The Kier molecular flexibility index (Phi) is 5.53. The normalized spacial score (nSPS) is 25.8. The third kappa shape index (κ3) is 4.35. The zero-order chi connectivity index (χ0) is 12.0. The molecule has 1 aliphatic carbocycles. The van der Waals surface area contributed by atoms with Gasteiger partial charge in [-0.2, -0.15) is 0 Å². The van der Waals surface area contributed by atoms with E-state index in [4.69, 9.17) is 0 Å². The van der Waals surface area contributed by atoms with Crippen molar-refractivity contribution in [3.05, 3.63) is 11.6 Å². The minimum atomic E-state index is -0.240. The lowest BCUT2D eigenvalue weighted by Gasteiger charge is -2.09. The highest BCUT2D eigenvalue weighted by Gasteiger charge is 2.20. The largest absolute Gasteiger partial charge is 0.466 e. The van der Waals surface area contributed by atoms with Gasteiger partial charge in [0.2, 0.25) is 0 Å². The van der Waals surface area contributed by atoms with E-state index >= 15 is 0 Å². The summed E-state index contributed by atoms with van der Waals surface area (Å²) in [5.41, 5.74) is 0.676. The molecule has 1 saturated carbocycles. The first kappa shape index (κ1) is 13.2. The standard InChI is InChI=1S/C13H23NO2/c1-10-4-5-12(8-10)9-14-7-6-11(2)13(15)16-3/h6,10,12,14H,4-5,7-9H2,1-3H3. The lowest BCUT2D eigenvalue weighted by atomic mass is 10.1. The first-order valence-electron chi connectivity index (χ1n) is 6.09. The number of rotatable bonds is 5. The Balaban J connectivity index is 2.14. The van der Waals surface area contributed by atoms with Crippen LogP contribution in [0.15, 0.2) is 11.6 Å². The van der Waals surface area contributed by atoms with E-state index in [0.29, 0.717) is 5.57 Å². The summed E-state index contributed by atoms with van der Waals surface area (Å²) in [5.74, 6) is 1.47. The molecular formula is C13H23NO2. The second-order valence-electron chi connectivity index (χ2n) is 4.82. The second kappa shape index (κ2) is 6.69. The molecular weight excluding hydrogens is 202 g/mol. The van der Waals surface area contributed by atoms with Crippen LogP contribution in [0.3, 0.4) is 0 Å². The molecule has 0 amide bonds. The topological polar surface area (TPSA) is 38.3 Å². The minimum absolute atomic E-state index is 0.240. The number of esters is 1. The number of nitrogens with one attached hydrogen (secondary N) is 1. The van der Waals surface area contributed by atoms with Crippen molar-refractivity contribution in [3.63, 3.8) is 0 Å². The highest BCUT2D eigenvalue weighted by Crippen LogP contribution is 2.29. The Bertz CT molecular complexity index is 261. The Morgan fingerprint density at radius 3 is 2.81 bits per heavy atom. The number of ether oxygens (including phenoxy) is 1. The van der Waals surface area contributed by atoms with Crippen molar-refractivity contribution in [2.24, 2.45) is 11.8 Å². The average molecular weight is 225 g/mol. The van der Waals surface area contributed by atoms with Gasteiger partial charge in [0, 0.05) is 12.1 Å². The lowest BCUT2D eigenvalue weighted by Crippen LogP contribution is -2.22. The van der Waals surface area contributed by atoms with Gasteiger partial charge in [-0.25, -0.2) is 4.79 Å². The molecule has 0 heterocycles. The second-order valence-corrected chi connectivity index (χ2v) is 4.82. The van der Waals surface area contributed by atoms with Crippen molar-refractivity contribution in [1.29, 1.82) is 0 Å². The van der Waals surface area contributed by atoms with Crippen LogP contribution in [0.1, 0.15) is 33.1 Å². The minimum Gasteiger partial charge on any atom is -0.466 e. The summed E-state index contributed by atoms with van der Waals surface area (Å²) >= 11 is 0. The molecule has 1 N–H and O–H groups in total. The summed E-state index contributed by atoms with van der Waals surface area (Å²) in [7, 11) is 1.41. The van der Waals surface area contributed by atoms with E-state index in [0.717, 1.165) is 24.9 Å². The van der Waals surface area contributed by atoms with Crippen molar-refractivity contribution >= 4 is 5.97 Å². The van der Waals surface area contributed by atoms with E-state index in [9.17, 15) is 4.79 Å². The molecule has 0 aromatic heterocycles. The van der Waals surface area contributed by atoms with E-state index in [2.05, 4.69) is 17.0 Å². The number of methoxy groups -OCH3 is 1. The van der Waals surface area contributed by atoms with Crippen molar-refractivity contribution in [2.45, 2.75) is 33.1 Å². The van der Waals surface area contributed by atoms with E-state index < -0.39 is 0 Å². The van der Waals surface area contributed by atoms with Crippen molar-refractivity contribution in [2.75, 3.05) is 20.2 Å². The van der Waals surface area contributed by atoms with Gasteiger partial charge in [0.1, 0.15) is 0 Å². The molecule has 1 fully saturated rings. The molecule has 0 saturated heterocycles. The van der Waals surface area contributed by atoms with Crippen LogP contribution >= 0.6 is 0 Å². The summed E-state index contributed by atoms with van der Waals surface area (Å²) < 4.78 is 4.62. The molecule has 0 aliphatic heterocycles. The third-order valence-electron chi connectivity index (χ3n) is 3.30. The highest BCUT2D eigenvalue weighted by molar-refractivity contribution is 5.87. The predicted molar refractivity (Wildman–Crippen MR) is 65.1 cm³/mol. The summed E-state index contributed by atoms with van der Waals surface area (Å²) in [4.78, 5) is 11.1. The van der Waals surface area contributed by atoms with Crippen LogP contribution in [0.2, 0.25) is 0 Å². The fourth-order valence-electron chi connectivity index (χ4n) is 2.27. The summed E-state index contributed by atoms with van der Waals surface area (Å²) in [6.07, 6.45) is 5.94. The smallest absolute Gasteiger partial charge is 0.333 e.